The first-order valence-electron chi connectivity index (χ1n) is 13.6. The third kappa shape index (κ3) is 5.61. The molecule has 0 fully saturated rings. The van der Waals surface area contributed by atoms with Crippen LogP contribution in [0.3, 0.4) is 0 Å². The van der Waals surface area contributed by atoms with E-state index in [1.807, 2.05) is 41.1 Å². The number of hydrogen-bond acceptors (Lipinski definition) is 4. The summed E-state index contributed by atoms with van der Waals surface area (Å²) in [6.07, 6.45) is 9.27. The molecule has 0 saturated heterocycles. The van der Waals surface area contributed by atoms with Crippen molar-refractivity contribution in [1.82, 2.24) is 20.4 Å². The van der Waals surface area contributed by atoms with Crippen molar-refractivity contribution >= 4 is 33.2 Å². The lowest BCUT2D eigenvalue weighted by Crippen LogP contribution is -2.33. The maximum absolute atomic E-state index is 13.0. The number of carbonyl (C=O) groups is 1. The average molecular weight is 596 g/mol. The van der Waals surface area contributed by atoms with E-state index in [1.165, 1.54) is 11.1 Å². The zero-order valence-corrected chi connectivity index (χ0v) is 23.7. The van der Waals surface area contributed by atoms with Crippen molar-refractivity contribution in [3.63, 3.8) is 0 Å². The lowest BCUT2D eigenvalue weighted by atomic mass is 9.83. The number of phenols is 1. The van der Waals surface area contributed by atoms with Gasteiger partial charge >= 0.3 is 0 Å². The highest BCUT2D eigenvalue weighted by molar-refractivity contribution is 9.10. The number of allylic oxidation sites excluding steroid dienone is 3. The van der Waals surface area contributed by atoms with Gasteiger partial charge in [0.25, 0.3) is 0 Å². The number of fused-ring (bicyclic) bond motifs is 2. The van der Waals surface area contributed by atoms with Crippen molar-refractivity contribution in [3.05, 3.63) is 129 Å². The second-order valence-electron chi connectivity index (χ2n) is 10.4. The molecule has 40 heavy (non-hydrogen) atoms. The van der Waals surface area contributed by atoms with Crippen LogP contribution in [0, 0.1) is 5.92 Å². The molecule has 1 amide bonds. The number of aryl methyl sites for hydroxylation is 1. The van der Waals surface area contributed by atoms with Gasteiger partial charge in [-0.05, 0) is 75.2 Å². The van der Waals surface area contributed by atoms with Gasteiger partial charge in [-0.1, -0.05) is 72.8 Å². The van der Waals surface area contributed by atoms with E-state index in [9.17, 15) is 9.90 Å². The molecule has 6 rings (SSSR count). The summed E-state index contributed by atoms with van der Waals surface area (Å²) >= 11 is 3.62. The lowest BCUT2D eigenvalue weighted by Gasteiger charge is -2.23. The highest BCUT2D eigenvalue weighted by Crippen LogP contribution is 2.31. The Bertz CT molecular complexity index is 1620. The molecule has 1 aliphatic heterocycles. The van der Waals surface area contributed by atoms with Gasteiger partial charge in [-0.15, -0.1) is 0 Å². The van der Waals surface area contributed by atoms with Crippen LogP contribution in [-0.2, 0) is 37.1 Å². The molecule has 2 aliphatic rings. The molecule has 3 aromatic carbocycles. The van der Waals surface area contributed by atoms with Crippen LogP contribution in [-0.4, -0.2) is 20.8 Å². The van der Waals surface area contributed by atoms with Crippen molar-refractivity contribution in [3.8, 4) is 5.75 Å². The number of amides is 1. The Morgan fingerprint density at radius 1 is 1.00 bits per heavy atom. The number of nitrogens with zero attached hydrogens (tertiary/aromatic N) is 2. The van der Waals surface area contributed by atoms with Gasteiger partial charge in [0, 0.05) is 31.0 Å². The minimum Gasteiger partial charge on any atom is -0.507 e. The summed E-state index contributed by atoms with van der Waals surface area (Å²) in [5.41, 5.74) is 7.57. The standard InChI is InChI=1S/C33H31BrN4O2/c34-29-21-37-38-30(29)15-14-26(28-10-3-4-11-31(28)39)18-32(38)35-19-22-6-5-7-23(16-22)20-36-33(40)27-13-12-24-8-1-2-9-25(24)17-27/h1-11,14,16,18,21,27,35,39H,12-13,15,17,19-20H2,(H,36,40). The van der Waals surface area contributed by atoms with E-state index in [0.29, 0.717) is 19.5 Å². The summed E-state index contributed by atoms with van der Waals surface area (Å²) in [6.45, 7) is 1.09. The van der Waals surface area contributed by atoms with Crippen molar-refractivity contribution in [2.24, 2.45) is 5.92 Å². The Morgan fingerprint density at radius 2 is 1.77 bits per heavy atom. The smallest absolute Gasteiger partial charge is 0.223 e. The number of carbonyl (C=O) groups excluding carboxylic acids is 1. The molecule has 202 valence electrons. The van der Waals surface area contributed by atoms with Gasteiger partial charge in [0.05, 0.1) is 16.4 Å². The van der Waals surface area contributed by atoms with Crippen LogP contribution in [0.1, 0.15) is 39.9 Å². The summed E-state index contributed by atoms with van der Waals surface area (Å²) in [4.78, 5) is 13.0. The number of benzene rings is 3. The molecule has 1 aromatic heterocycles. The third-order valence-corrected chi connectivity index (χ3v) is 8.38. The Hall–Kier alpha value is -4.10. The van der Waals surface area contributed by atoms with Crippen molar-refractivity contribution in [2.45, 2.75) is 38.8 Å². The van der Waals surface area contributed by atoms with Gasteiger partial charge in [0.15, 0.2) is 0 Å². The van der Waals surface area contributed by atoms with E-state index in [-0.39, 0.29) is 17.6 Å². The summed E-state index contributed by atoms with van der Waals surface area (Å²) in [6, 6.07) is 24.1. The Balaban J connectivity index is 1.13. The van der Waals surface area contributed by atoms with Crippen LogP contribution in [0.2, 0.25) is 0 Å². The predicted molar refractivity (Wildman–Crippen MR) is 161 cm³/mol. The van der Waals surface area contributed by atoms with E-state index < -0.39 is 0 Å². The van der Waals surface area contributed by atoms with Crippen LogP contribution < -0.4 is 10.6 Å². The molecular formula is C33H31BrN4O2. The topological polar surface area (TPSA) is 79.2 Å². The monoisotopic (exact) mass is 594 g/mol. The number of rotatable bonds is 7. The number of hydrogen-bond donors (Lipinski definition) is 3. The zero-order valence-electron chi connectivity index (χ0n) is 22.1. The van der Waals surface area contributed by atoms with Crippen LogP contribution in [0.4, 0.5) is 0 Å². The van der Waals surface area contributed by atoms with E-state index in [1.54, 1.807) is 12.3 Å². The van der Waals surface area contributed by atoms with Crippen molar-refractivity contribution in [1.29, 1.82) is 0 Å². The molecule has 0 bridgehead atoms. The van der Waals surface area contributed by atoms with Gasteiger partial charge in [-0.25, -0.2) is 4.68 Å². The molecular weight excluding hydrogens is 564 g/mol. The van der Waals surface area contributed by atoms with Gasteiger partial charge < -0.3 is 15.7 Å². The molecule has 1 atom stereocenters. The number of halogens is 1. The van der Waals surface area contributed by atoms with Crippen molar-refractivity contribution < 1.29 is 9.90 Å². The van der Waals surface area contributed by atoms with Crippen LogP contribution in [0.5, 0.6) is 5.75 Å². The summed E-state index contributed by atoms with van der Waals surface area (Å²) in [7, 11) is 0. The molecule has 0 saturated carbocycles. The normalized spacial score (nSPS) is 16.2. The minimum absolute atomic E-state index is 0.0239. The van der Waals surface area contributed by atoms with Crippen LogP contribution in [0.25, 0.3) is 11.4 Å². The summed E-state index contributed by atoms with van der Waals surface area (Å²) in [5.74, 6) is 1.22. The molecule has 1 aliphatic carbocycles. The first kappa shape index (κ1) is 26.1. The van der Waals surface area contributed by atoms with Crippen molar-refractivity contribution in [2.75, 3.05) is 0 Å². The average Bonchev–Trinajstić information content (AvgIpc) is 3.25. The van der Waals surface area contributed by atoms with Crippen LogP contribution >= 0.6 is 15.9 Å². The Morgan fingerprint density at radius 3 is 2.62 bits per heavy atom. The minimum atomic E-state index is 0.0239. The number of aromatic hydroxyl groups is 1. The Labute approximate surface area is 242 Å². The highest BCUT2D eigenvalue weighted by atomic mass is 79.9. The zero-order chi connectivity index (χ0) is 27.5. The second kappa shape index (κ2) is 11.6. The third-order valence-electron chi connectivity index (χ3n) is 7.72. The number of para-hydroxylation sites is 1. The lowest BCUT2D eigenvalue weighted by molar-refractivity contribution is -0.125. The molecule has 6 nitrogen and oxygen atoms in total. The maximum atomic E-state index is 13.0. The fourth-order valence-corrected chi connectivity index (χ4v) is 5.97. The fourth-order valence-electron chi connectivity index (χ4n) is 5.55. The molecule has 0 spiro atoms. The first-order valence-corrected chi connectivity index (χ1v) is 14.4. The Kier molecular flexibility index (Phi) is 7.55. The highest BCUT2D eigenvalue weighted by Gasteiger charge is 2.24. The predicted octanol–water partition coefficient (Wildman–Crippen LogP) is 6.00. The summed E-state index contributed by atoms with van der Waals surface area (Å²) < 4.78 is 2.84. The van der Waals surface area contributed by atoms with E-state index in [4.69, 9.17) is 0 Å². The van der Waals surface area contributed by atoms with E-state index in [0.717, 1.165) is 57.5 Å². The molecule has 1 unspecified atom stereocenters. The molecule has 2 heterocycles. The van der Waals surface area contributed by atoms with Gasteiger partial charge in [-0.3, -0.25) is 4.79 Å². The summed E-state index contributed by atoms with van der Waals surface area (Å²) in [5, 5.41) is 21.8. The largest absolute Gasteiger partial charge is 0.507 e. The molecule has 4 aromatic rings. The van der Waals surface area contributed by atoms with E-state index in [2.05, 4.69) is 74.1 Å². The fraction of sp³-hybridized carbons (Fsp3) is 0.212. The van der Waals surface area contributed by atoms with Gasteiger partial charge in [0.1, 0.15) is 11.6 Å². The quantitative estimate of drug-likeness (QED) is 0.245. The number of phenolic OH excluding ortho intramolecular Hbond substituents is 1. The number of nitrogens with one attached hydrogen (secondary N) is 2. The molecule has 3 N–H and O–H groups in total. The number of aromatic nitrogens is 2. The molecule has 0 radical (unpaired) electrons. The maximum Gasteiger partial charge on any atom is 0.223 e. The van der Waals surface area contributed by atoms with Crippen LogP contribution in [0.15, 0.2) is 95.6 Å². The van der Waals surface area contributed by atoms with Gasteiger partial charge in [0.2, 0.25) is 5.91 Å². The first-order chi connectivity index (χ1) is 19.5. The van der Waals surface area contributed by atoms with Gasteiger partial charge in [-0.2, -0.15) is 5.10 Å². The second-order valence-corrected chi connectivity index (χ2v) is 11.2. The van der Waals surface area contributed by atoms with E-state index >= 15 is 0 Å². The molecule has 7 heteroatoms. The SMILES string of the molecule is O=C(NCc1cccc(CNC2=CC(c3ccccc3O)=CCc3c(Br)cnn32)c1)C1CCc2ccccc2C1.